The van der Waals surface area contributed by atoms with Gasteiger partial charge in [0.15, 0.2) is 5.69 Å². The van der Waals surface area contributed by atoms with E-state index in [-0.39, 0.29) is 5.69 Å². The van der Waals surface area contributed by atoms with Crippen molar-refractivity contribution in [3.8, 4) is 16.3 Å². The number of ether oxygens (including phenoxy) is 1. The summed E-state index contributed by atoms with van der Waals surface area (Å²) in [4.78, 5) is 15.1. The van der Waals surface area contributed by atoms with E-state index in [0.717, 1.165) is 11.1 Å². The molecular formula is C17H13NO3S. The largest absolute Gasteiger partial charge is 0.488 e. The van der Waals surface area contributed by atoms with E-state index in [1.165, 1.54) is 16.7 Å². The summed E-state index contributed by atoms with van der Waals surface area (Å²) in [6.07, 6.45) is 0. The van der Waals surface area contributed by atoms with Crippen molar-refractivity contribution in [1.29, 1.82) is 0 Å². The molecule has 1 heterocycles. The summed E-state index contributed by atoms with van der Waals surface area (Å²) in [7, 11) is 0. The summed E-state index contributed by atoms with van der Waals surface area (Å²) >= 11 is 1.29. The number of thiazole rings is 1. The first-order valence-electron chi connectivity index (χ1n) is 6.69. The maximum atomic E-state index is 11.0. The molecule has 0 fully saturated rings. The molecule has 2 aromatic carbocycles. The molecule has 3 aromatic rings. The van der Waals surface area contributed by atoms with Crippen molar-refractivity contribution in [2.24, 2.45) is 0 Å². The van der Waals surface area contributed by atoms with Gasteiger partial charge in [-0.15, -0.1) is 11.3 Å². The van der Waals surface area contributed by atoms with Crippen LogP contribution in [0.5, 0.6) is 5.75 Å². The molecular weight excluding hydrogens is 298 g/mol. The van der Waals surface area contributed by atoms with Gasteiger partial charge in [-0.2, -0.15) is 0 Å². The molecule has 110 valence electrons. The zero-order valence-corrected chi connectivity index (χ0v) is 12.4. The van der Waals surface area contributed by atoms with E-state index < -0.39 is 5.97 Å². The Balaban J connectivity index is 1.84. The highest BCUT2D eigenvalue weighted by Crippen LogP contribution is 2.32. The van der Waals surface area contributed by atoms with Crippen LogP contribution >= 0.6 is 11.3 Å². The average Bonchev–Trinajstić information content (AvgIpc) is 3.04. The van der Waals surface area contributed by atoms with Crippen LogP contribution in [0.25, 0.3) is 10.6 Å². The molecule has 5 heteroatoms. The molecule has 0 saturated carbocycles. The molecule has 0 bridgehead atoms. The van der Waals surface area contributed by atoms with Gasteiger partial charge in [-0.05, 0) is 17.7 Å². The number of carboxylic acid groups (broad SMARTS) is 1. The van der Waals surface area contributed by atoms with Gasteiger partial charge in [0.2, 0.25) is 0 Å². The molecule has 0 radical (unpaired) electrons. The van der Waals surface area contributed by atoms with Gasteiger partial charge >= 0.3 is 5.97 Å². The number of carbonyl (C=O) groups is 1. The highest BCUT2D eigenvalue weighted by atomic mass is 32.1. The van der Waals surface area contributed by atoms with Gasteiger partial charge in [-0.3, -0.25) is 0 Å². The third-order valence-electron chi connectivity index (χ3n) is 3.08. The monoisotopic (exact) mass is 311 g/mol. The Morgan fingerprint density at radius 1 is 1.09 bits per heavy atom. The molecule has 0 atom stereocenters. The van der Waals surface area contributed by atoms with Crippen molar-refractivity contribution in [3.05, 3.63) is 71.2 Å². The fourth-order valence-electron chi connectivity index (χ4n) is 2.00. The zero-order valence-electron chi connectivity index (χ0n) is 11.6. The predicted molar refractivity (Wildman–Crippen MR) is 85.3 cm³/mol. The Bertz CT molecular complexity index is 783. The van der Waals surface area contributed by atoms with Gasteiger partial charge in [0.1, 0.15) is 17.4 Å². The number of para-hydroxylation sites is 1. The van der Waals surface area contributed by atoms with Crippen molar-refractivity contribution in [2.45, 2.75) is 6.61 Å². The predicted octanol–water partition coefficient (Wildman–Crippen LogP) is 4.09. The number of hydrogen-bond donors (Lipinski definition) is 1. The van der Waals surface area contributed by atoms with Crippen LogP contribution in [0.3, 0.4) is 0 Å². The van der Waals surface area contributed by atoms with E-state index >= 15 is 0 Å². The average molecular weight is 311 g/mol. The van der Waals surface area contributed by atoms with Crippen molar-refractivity contribution >= 4 is 17.3 Å². The number of rotatable bonds is 5. The standard InChI is InChI=1S/C17H13NO3S/c19-17(20)14-11-22-16(18-14)13-8-4-5-9-15(13)21-10-12-6-2-1-3-7-12/h1-9,11H,10H2,(H,19,20). The van der Waals surface area contributed by atoms with E-state index in [1.807, 2.05) is 54.6 Å². The van der Waals surface area contributed by atoms with Crippen molar-refractivity contribution in [3.63, 3.8) is 0 Å². The lowest BCUT2D eigenvalue weighted by Crippen LogP contribution is -1.98. The molecule has 0 aliphatic heterocycles. The molecule has 0 unspecified atom stereocenters. The van der Waals surface area contributed by atoms with Crippen LogP contribution in [0.2, 0.25) is 0 Å². The first kappa shape index (κ1) is 14.3. The summed E-state index contributed by atoms with van der Waals surface area (Å²) in [6.45, 7) is 0.453. The van der Waals surface area contributed by atoms with Crippen LogP contribution in [-0.4, -0.2) is 16.1 Å². The van der Waals surface area contributed by atoms with Gasteiger partial charge in [0.05, 0.1) is 5.56 Å². The lowest BCUT2D eigenvalue weighted by atomic mass is 10.2. The molecule has 0 saturated heterocycles. The molecule has 0 aliphatic rings. The summed E-state index contributed by atoms with van der Waals surface area (Å²) in [5.41, 5.74) is 1.93. The van der Waals surface area contributed by atoms with Crippen LogP contribution in [0.4, 0.5) is 0 Å². The Morgan fingerprint density at radius 2 is 1.82 bits per heavy atom. The third kappa shape index (κ3) is 3.15. The van der Waals surface area contributed by atoms with E-state index in [4.69, 9.17) is 9.84 Å². The van der Waals surface area contributed by atoms with E-state index in [1.54, 1.807) is 0 Å². The van der Waals surface area contributed by atoms with Gasteiger partial charge in [-0.25, -0.2) is 9.78 Å². The normalized spacial score (nSPS) is 10.4. The number of hydrogen-bond acceptors (Lipinski definition) is 4. The van der Waals surface area contributed by atoms with Gasteiger partial charge < -0.3 is 9.84 Å². The Kier molecular flexibility index (Phi) is 4.16. The SMILES string of the molecule is O=C(O)c1csc(-c2ccccc2OCc2ccccc2)n1. The highest BCUT2D eigenvalue weighted by Gasteiger charge is 2.13. The zero-order chi connectivity index (χ0) is 15.4. The second-order valence-corrected chi connectivity index (χ2v) is 5.47. The molecule has 22 heavy (non-hydrogen) atoms. The first-order chi connectivity index (χ1) is 10.7. The molecule has 1 N–H and O–H groups in total. The topological polar surface area (TPSA) is 59.4 Å². The Hall–Kier alpha value is -2.66. The first-order valence-corrected chi connectivity index (χ1v) is 7.57. The van der Waals surface area contributed by atoms with E-state index in [9.17, 15) is 4.79 Å². The summed E-state index contributed by atoms with van der Waals surface area (Å²) < 4.78 is 5.87. The van der Waals surface area contributed by atoms with E-state index in [2.05, 4.69) is 4.98 Å². The van der Waals surface area contributed by atoms with E-state index in [0.29, 0.717) is 17.4 Å². The fourth-order valence-corrected chi connectivity index (χ4v) is 2.82. The smallest absolute Gasteiger partial charge is 0.355 e. The van der Waals surface area contributed by atoms with Crippen molar-refractivity contribution in [1.82, 2.24) is 4.98 Å². The van der Waals surface area contributed by atoms with Crippen LogP contribution in [0, 0.1) is 0 Å². The fraction of sp³-hybridized carbons (Fsp3) is 0.0588. The van der Waals surface area contributed by atoms with Crippen LogP contribution in [-0.2, 0) is 6.61 Å². The lowest BCUT2D eigenvalue weighted by Gasteiger charge is -2.09. The quantitative estimate of drug-likeness (QED) is 0.771. The number of carboxylic acids is 1. The van der Waals surface area contributed by atoms with Crippen LogP contribution < -0.4 is 4.74 Å². The minimum Gasteiger partial charge on any atom is -0.488 e. The van der Waals surface area contributed by atoms with Crippen molar-refractivity contribution in [2.75, 3.05) is 0 Å². The minimum atomic E-state index is -1.02. The number of aromatic carboxylic acids is 1. The molecule has 4 nitrogen and oxygen atoms in total. The second kappa shape index (κ2) is 6.41. The Labute approximate surface area is 131 Å². The van der Waals surface area contributed by atoms with Crippen LogP contribution in [0.15, 0.2) is 60.0 Å². The summed E-state index contributed by atoms with van der Waals surface area (Å²) in [5, 5.41) is 11.2. The molecule has 1 aromatic heterocycles. The Morgan fingerprint density at radius 3 is 2.55 bits per heavy atom. The van der Waals surface area contributed by atoms with Gasteiger partial charge in [0, 0.05) is 5.38 Å². The molecule has 3 rings (SSSR count). The minimum absolute atomic E-state index is 0.0536. The molecule has 0 spiro atoms. The van der Waals surface area contributed by atoms with Gasteiger partial charge in [-0.1, -0.05) is 42.5 Å². The van der Waals surface area contributed by atoms with Crippen LogP contribution in [0.1, 0.15) is 16.1 Å². The lowest BCUT2D eigenvalue weighted by molar-refractivity contribution is 0.0691. The van der Waals surface area contributed by atoms with Gasteiger partial charge in [0.25, 0.3) is 0 Å². The third-order valence-corrected chi connectivity index (χ3v) is 3.95. The maximum absolute atomic E-state index is 11.0. The number of benzene rings is 2. The second-order valence-electron chi connectivity index (χ2n) is 4.61. The van der Waals surface area contributed by atoms with Crippen molar-refractivity contribution < 1.29 is 14.6 Å². The highest BCUT2D eigenvalue weighted by molar-refractivity contribution is 7.13. The molecule has 0 amide bonds. The summed E-state index contributed by atoms with van der Waals surface area (Å²) in [6, 6.07) is 17.4. The number of aromatic nitrogens is 1. The maximum Gasteiger partial charge on any atom is 0.355 e. The molecule has 0 aliphatic carbocycles. The number of nitrogens with zero attached hydrogens (tertiary/aromatic N) is 1. The summed E-state index contributed by atoms with van der Waals surface area (Å²) in [5.74, 6) is -0.331.